The van der Waals surface area contributed by atoms with Crippen molar-refractivity contribution in [1.29, 1.82) is 0 Å². The normalized spacial score (nSPS) is 10.9. The zero-order chi connectivity index (χ0) is 26.4. The Bertz CT molecular complexity index is 1430. The van der Waals surface area contributed by atoms with E-state index in [1.165, 1.54) is 6.08 Å². The summed E-state index contributed by atoms with van der Waals surface area (Å²) < 4.78 is 0. The average Bonchev–Trinajstić information content (AvgIpc) is 2.91. The van der Waals surface area contributed by atoms with Gasteiger partial charge >= 0.3 is 5.97 Å². The summed E-state index contributed by atoms with van der Waals surface area (Å²) in [6.45, 7) is 0.249. The molecule has 4 aromatic rings. The van der Waals surface area contributed by atoms with Gasteiger partial charge in [0.15, 0.2) is 0 Å². The number of carboxylic acid groups (broad SMARTS) is 1. The molecular weight excluding hydrogens is 484 g/mol. The predicted molar refractivity (Wildman–Crippen MR) is 151 cm³/mol. The number of hydrogen-bond acceptors (Lipinski definition) is 3. The maximum absolute atomic E-state index is 13.6. The molecule has 6 heteroatoms. The van der Waals surface area contributed by atoms with Gasteiger partial charge in [0.1, 0.15) is 0 Å². The van der Waals surface area contributed by atoms with Gasteiger partial charge in [-0.3, -0.25) is 4.79 Å². The molecule has 0 aliphatic rings. The highest BCUT2D eigenvalue weighted by molar-refractivity contribution is 6.31. The van der Waals surface area contributed by atoms with Crippen LogP contribution < -0.4 is 9.80 Å². The van der Waals surface area contributed by atoms with Crippen molar-refractivity contribution in [2.45, 2.75) is 6.54 Å². The number of carboxylic acids is 1. The topological polar surface area (TPSA) is 60.9 Å². The SMILES string of the molecule is CN(C)c1ccc(-c2ccc(CN(C(=O)c3ccccc3)c3cccc(/C=C/C(=O)O)c3)c(Cl)c2)cc1. The lowest BCUT2D eigenvalue weighted by Crippen LogP contribution is -2.30. The minimum atomic E-state index is -1.04. The van der Waals surface area contributed by atoms with Crippen LogP contribution in [0.25, 0.3) is 17.2 Å². The van der Waals surface area contributed by atoms with Crippen LogP contribution in [0, 0.1) is 0 Å². The van der Waals surface area contributed by atoms with Crippen LogP contribution in [0.3, 0.4) is 0 Å². The highest BCUT2D eigenvalue weighted by Crippen LogP contribution is 2.30. The summed E-state index contributed by atoms with van der Waals surface area (Å²) in [5.74, 6) is -1.22. The van der Waals surface area contributed by atoms with Crippen molar-refractivity contribution in [2.75, 3.05) is 23.9 Å². The first-order valence-electron chi connectivity index (χ1n) is 11.8. The standard InChI is InChI=1S/C31H27ClN2O3/c1-33(2)27-16-14-23(15-17-27)25-12-13-26(29(32)20-25)21-34(31(37)24-8-4-3-5-9-24)28-10-6-7-22(19-28)11-18-30(35)36/h3-20H,21H2,1-2H3,(H,35,36)/b18-11+. The second-order valence-electron chi connectivity index (χ2n) is 8.77. The Kier molecular flexibility index (Phi) is 8.06. The van der Waals surface area contributed by atoms with Gasteiger partial charge in [0.25, 0.3) is 5.91 Å². The molecule has 0 aliphatic carbocycles. The minimum absolute atomic E-state index is 0.181. The number of amides is 1. The number of aliphatic carboxylic acids is 1. The summed E-state index contributed by atoms with van der Waals surface area (Å²) in [5.41, 5.74) is 5.81. The number of benzene rings is 4. The van der Waals surface area contributed by atoms with E-state index in [0.717, 1.165) is 28.5 Å². The van der Waals surface area contributed by atoms with E-state index in [9.17, 15) is 9.59 Å². The van der Waals surface area contributed by atoms with Gasteiger partial charge in [-0.05, 0) is 70.8 Å². The van der Waals surface area contributed by atoms with Gasteiger partial charge in [0, 0.05) is 42.1 Å². The van der Waals surface area contributed by atoms with Crippen molar-refractivity contribution in [2.24, 2.45) is 0 Å². The maximum Gasteiger partial charge on any atom is 0.328 e. The molecule has 0 aromatic heterocycles. The quantitative estimate of drug-likeness (QED) is 0.259. The molecule has 0 bridgehead atoms. The Morgan fingerprint density at radius 3 is 2.16 bits per heavy atom. The van der Waals surface area contributed by atoms with E-state index in [0.29, 0.717) is 21.8 Å². The Morgan fingerprint density at radius 2 is 1.51 bits per heavy atom. The van der Waals surface area contributed by atoms with Crippen LogP contribution in [0.1, 0.15) is 21.5 Å². The van der Waals surface area contributed by atoms with Crippen LogP contribution in [0.5, 0.6) is 0 Å². The summed E-state index contributed by atoms with van der Waals surface area (Å²) in [7, 11) is 4.00. The second kappa shape index (κ2) is 11.6. The highest BCUT2D eigenvalue weighted by atomic mass is 35.5. The molecule has 0 heterocycles. The van der Waals surface area contributed by atoms with E-state index in [2.05, 4.69) is 24.3 Å². The first-order chi connectivity index (χ1) is 17.8. The van der Waals surface area contributed by atoms with Crippen LogP contribution in [-0.4, -0.2) is 31.1 Å². The van der Waals surface area contributed by atoms with E-state index < -0.39 is 5.97 Å². The molecule has 1 amide bonds. The fourth-order valence-corrected chi connectivity index (χ4v) is 4.20. The largest absolute Gasteiger partial charge is 0.478 e. The van der Waals surface area contributed by atoms with Gasteiger partial charge in [0.2, 0.25) is 0 Å². The molecule has 0 unspecified atom stereocenters. The van der Waals surface area contributed by atoms with Gasteiger partial charge in [-0.2, -0.15) is 0 Å². The molecule has 37 heavy (non-hydrogen) atoms. The molecule has 4 aromatic carbocycles. The smallest absolute Gasteiger partial charge is 0.328 e. The van der Waals surface area contributed by atoms with Crippen molar-refractivity contribution < 1.29 is 14.7 Å². The fraction of sp³-hybridized carbons (Fsp3) is 0.0968. The zero-order valence-corrected chi connectivity index (χ0v) is 21.4. The summed E-state index contributed by atoms with van der Waals surface area (Å²) >= 11 is 6.74. The van der Waals surface area contributed by atoms with Crippen LogP contribution in [0.2, 0.25) is 5.02 Å². The molecule has 0 spiro atoms. The summed E-state index contributed by atoms with van der Waals surface area (Å²) in [4.78, 5) is 28.3. The van der Waals surface area contributed by atoms with Gasteiger partial charge in [-0.15, -0.1) is 0 Å². The number of anilines is 2. The molecule has 0 fully saturated rings. The predicted octanol–water partition coefficient (Wildman–Crippen LogP) is 7.02. The van der Waals surface area contributed by atoms with Crippen LogP contribution >= 0.6 is 11.6 Å². The first kappa shape index (κ1) is 25.7. The Hall–Kier alpha value is -4.35. The lowest BCUT2D eigenvalue weighted by atomic mass is 10.0. The number of hydrogen-bond donors (Lipinski definition) is 1. The van der Waals surface area contributed by atoms with E-state index in [1.54, 1.807) is 35.2 Å². The lowest BCUT2D eigenvalue weighted by molar-refractivity contribution is -0.131. The molecular formula is C31H27ClN2O3. The molecule has 1 N–H and O–H groups in total. The van der Waals surface area contributed by atoms with Crippen molar-refractivity contribution in [1.82, 2.24) is 0 Å². The molecule has 0 atom stereocenters. The molecule has 0 saturated heterocycles. The fourth-order valence-electron chi connectivity index (χ4n) is 3.96. The summed E-state index contributed by atoms with van der Waals surface area (Å²) in [6.07, 6.45) is 2.57. The Morgan fingerprint density at radius 1 is 0.811 bits per heavy atom. The van der Waals surface area contributed by atoms with E-state index in [4.69, 9.17) is 16.7 Å². The van der Waals surface area contributed by atoms with Crippen LogP contribution in [0.15, 0.2) is 103 Å². The molecule has 186 valence electrons. The van der Waals surface area contributed by atoms with Crippen LogP contribution in [0.4, 0.5) is 11.4 Å². The molecule has 0 saturated carbocycles. The number of nitrogens with zero attached hydrogens (tertiary/aromatic N) is 2. The molecule has 0 aliphatic heterocycles. The second-order valence-corrected chi connectivity index (χ2v) is 9.18. The Balaban J connectivity index is 1.67. The van der Waals surface area contributed by atoms with E-state index >= 15 is 0 Å². The molecule has 0 radical (unpaired) electrons. The number of halogens is 1. The van der Waals surface area contributed by atoms with Gasteiger partial charge in [0.05, 0.1) is 6.54 Å². The van der Waals surface area contributed by atoms with Gasteiger partial charge in [-0.1, -0.05) is 66.2 Å². The maximum atomic E-state index is 13.6. The monoisotopic (exact) mass is 510 g/mol. The van der Waals surface area contributed by atoms with Crippen LogP contribution in [-0.2, 0) is 11.3 Å². The van der Waals surface area contributed by atoms with Crippen molar-refractivity contribution in [3.63, 3.8) is 0 Å². The van der Waals surface area contributed by atoms with E-state index in [-0.39, 0.29) is 12.5 Å². The highest BCUT2D eigenvalue weighted by Gasteiger charge is 2.20. The summed E-state index contributed by atoms with van der Waals surface area (Å²) in [5, 5.41) is 9.55. The van der Waals surface area contributed by atoms with E-state index in [1.807, 2.05) is 61.5 Å². The third kappa shape index (κ3) is 6.46. The Labute approximate surface area is 221 Å². The number of rotatable bonds is 8. The average molecular weight is 511 g/mol. The van der Waals surface area contributed by atoms with Crippen molar-refractivity contribution in [3.8, 4) is 11.1 Å². The van der Waals surface area contributed by atoms with Crippen molar-refractivity contribution in [3.05, 3.63) is 125 Å². The third-order valence-electron chi connectivity index (χ3n) is 5.96. The molecule has 5 nitrogen and oxygen atoms in total. The van der Waals surface area contributed by atoms with Gasteiger partial charge < -0.3 is 14.9 Å². The zero-order valence-electron chi connectivity index (χ0n) is 20.6. The third-order valence-corrected chi connectivity index (χ3v) is 6.32. The number of carbonyl (C=O) groups is 2. The van der Waals surface area contributed by atoms with Gasteiger partial charge in [-0.25, -0.2) is 4.79 Å². The number of carbonyl (C=O) groups excluding carboxylic acids is 1. The summed E-state index contributed by atoms with van der Waals surface area (Å²) in [6, 6.07) is 30.3. The minimum Gasteiger partial charge on any atom is -0.478 e. The lowest BCUT2D eigenvalue weighted by Gasteiger charge is -2.24. The molecule has 4 rings (SSSR count). The van der Waals surface area contributed by atoms with Crippen molar-refractivity contribution >= 4 is 40.9 Å². The first-order valence-corrected chi connectivity index (χ1v) is 12.1.